The lowest BCUT2D eigenvalue weighted by atomic mass is 10.1. The van der Waals surface area contributed by atoms with E-state index < -0.39 is 5.97 Å². The van der Waals surface area contributed by atoms with Crippen molar-refractivity contribution < 1.29 is 19.1 Å². The molecule has 0 unspecified atom stereocenters. The number of nitrogens with zero attached hydrogens (tertiary/aromatic N) is 4. The Bertz CT molecular complexity index is 1150. The van der Waals surface area contributed by atoms with Crippen LogP contribution in [0.15, 0.2) is 41.8 Å². The zero-order chi connectivity index (χ0) is 24.1. The van der Waals surface area contributed by atoms with Gasteiger partial charge in [-0.05, 0) is 50.2 Å². The van der Waals surface area contributed by atoms with Crippen molar-refractivity contribution in [3.8, 4) is 16.3 Å². The van der Waals surface area contributed by atoms with Crippen LogP contribution in [0.25, 0.3) is 10.6 Å². The Morgan fingerprint density at radius 3 is 2.41 bits per heavy atom. The standard InChI is InChI=1S/C25H28N4O4S/c1-4-33-25(31)21-9-10-22(26-17(21)2)24(30)29-13-11-28(12-14-29)15-19-16-34-23(27-19)18-5-7-20(32-3)8-6-18/h5-10,16H,4,11-15H2,1-3H3. The minimum absolute atomic E-state index is 0.117. The number of aryl methyl sites for hydroxylation is 1. The summed E-state index contributed by atoms with van der Waals surface area (Å²) in [5.41, 5.74) is 3.34. The summed E-state index contributed by atoms with van der Waals surface area (Å²) in [5.74, 6) is 0.291. The quantitative estimate of drug-likeness (QED) is 0.477. The van der Waals surface area contributed by atoms with Gasteiger partial charge >= 0.3 is 5.97 Å². The first-order valence-electron chi connectivity index (χ1n) is 11.2. The fourth-order valence-electron chi connectivity index (χ4n) is 3.85. The predicted molar refractivity (Wildman–Crippen MR) is 130 cm³/mol. The molecule has 0 spiro atoms. The lowest BCUT2D eigenvalue weighted by Gasteiger charge is -2.34. The van der Waals surface area contributed by atoms with E-state index in [0.29, 0.717) is 36.6 Å². The van der Waals surface area contributed by atoms with Crippen molar-refractivity contribution in [3.63, 3.8) is 0 Å². The molecule has 0 N–H and O–H groups in total. The normalized spacial score (nSPS) is 14.1. The van der Waals surface area contributed by atoms with Gasteiger partial charge in [0.25, 0.3) is 5.91 Å². The maximum atomic E-state index is 12.9. The molecule has 178 valence electrons. The summed E-state index contributed by atoms with van der Waals surface area (Å²) in [6.07, 6.45) is 0. The Balaban J connectivity index is 1.32. The van der Waals surface area contributed by atoms with Crippen molar-refractivity contribution in [1.29, 1.82) is 0 Å². The van der Waals surface area contributed by atoms with Crippen molar-refractivity contribution >= 4 is 23.2 Å². The average Bonchev–Trinajstić information content (AvgIpc) is 3.32. The van der Waals surface area contributed by atoms with Crippen LogP contribution in [0, 0.1) is 6.92 Å². The van der Waals surface area contributed by atoms with Gasteiger partial charge in [0, 0.05) is 43.7 Å². The first-order valence-corrected chi connectivity index (χ1v) is 12.1. The average molecular weight is 481 g/mol. The second-order valence-corrected chi connectivity index (χ2v) is 8.85. The van der Waals surface area contributed by atoms with Gasteiger partial charge in [0.05, 0.1) is 30.7 Å². The zero-order valence-corrected chi connectivity index (χ0v) is 20.4. The molecule has 1 aromatic carbocycles. The molecule has 0 radical (unpaired) electrons. The number of pyridine rings is 1. The minimum Gasteiger partial charge on any atom is -0.497 e. The molecule has 3 heterocycles. The van der Waals surface area contributed by atoms with Gasteiger partial charge in [-0.25, -0.2) is 14.8 Å². The second kappa shape index (κ2) is 10.8. The summed E-state index contributed by atoms with van der Waals surface area (Å²) in [7, 11) is 1.66. The third-order valence-electron chi connectivity index (χ3n) is 5.73. The van der Waals surface area contributed by atoms with E-state index in [2.05, 4.69) is 15.3 Å². The van der Waals surface area contributed by atoms with E-state index in [4.69, 9.17) is 14.5 Å². The largest absolute Gasteiger partial charge is 0.497 e. The molecule has 1 saturated heterocycles. The van der Waals surface area contributed by atoms with Gasteiger partial charge < -0.3 is 14.4 Å². The minimum atomic E-state index is -0.419. The molecule has 1 aliphatic heterocycles. The van der Waals surface area contributed by atoms with Crippen LogP contribution in [0.1, 0.15) is 39.2 Å². The molecule has 8 nitrogen and oxygen atoms in total. The first kappa shape index (κ1) is 23.8. The number of esters is 1. The van der Waals surface area contributed by atoms with Gasteiger partial charge in [0.15, 0.2) is 0 Å². The van der Waals surface area contributed by atoms with Gasteiger partial charge in [-0.1, -0.05) is 0 Å². The topological polar surface area (TPSA) is 84.9 Å². The summed E-state index contributed by atoms with van der Waals surface area (Å²) in [6.45, 7) is 7.29. The van der Waals surface area contributed by atoms with Crippen LogP contribution in [0.4, 0.5) is 0 Å². The van der Waals surface area contributed by atoms with Gasteiger partial charge in [-0.2, -0.15) is 0 Å². The molecule has 0 bridgehead atoms. The number of thiazole rings is 1. The number of amides is 1. The smallest absolute Gasteiger partial charge is 0.339 e. The van der Waals surface area contributed by atoms with Crippen molar-refractivity contribution in [2.24, 2.45) is 0 Å². The van der Waals surface area contributed by atoms with Crippen LogP contribution in [-0.2, 0) is 11.3 Å². The molecule has 34 heavy (non-hydrogen) atoms. The van der Waals surface area contributed by atoms with Crippen molar-refractivity contribution in [2.45, 2.75) is 20.4 Å². The number of piperazine rings is 1. The summed E-state index contributed by atoms with van der Waals surface area (Å²) >= 11 is 1.63. The monoisotopic (exact) mass is 480 g/mol. The summed E-state index contributed by atoms with van der Waals surface area (Å²) in [6, 6.07) is 11.1. The Morgan fingerprint density at radius 1 is 1.03 bits per heavy atom. The number of aromatic nitrogens is 2. The number of hydrogen-bond donors (Lipinski definition) is 0. The van der Waals surface area contributed by atoms with E-state index in [-0.39, 0.29) is 5.91 Å². The Kier molecular flexibility index (Phi) is 7.54. The molecule has 9 heteroatoms. The number of benzene rings is 1. The number of ether oxygens (including phenoxy) is 2. The molecule has 4 rings (SSSR count). The highest BCUT2D eigenvalue weighted by Crippen LogP contribution is 2.26. The van der Waals surface area contributed by atoms with Gasteiger partial charge in [-0.3, -0.25) is 9.69 Å². The van der Waals surface area contributed by atoms with E-state index in [1.165, 1.54) is 0 Å². The summed E-state index contributed by atoms with van der Waals surface area (Å²) in [4.78, 5) is 38.2. The molecule has 3 aromatic rings. The maximum absolute atomic E-state index is 12.9. The van der Waals surface area contributed by atoms with Crippen LogP contribution >= 0.6 is 11.3 Å². The number of carbonyl (C=O) groups excluding carboxylic acids is 2. The van der Waals surface area contributed by atoms with E-state index in [1.54, 1.807) is 44.4 Å². The highest BCUT2D eigenvalue weighted by molar-refractivity contribution is 7.13. The lowest BCUT2D eigenvalue weighted by molar-refractivity contribution is 0.0522. The molecule has 1 fully saturated rings. The molecular formula is C25H28N4O4S. The third-order valence-corrected chi connectivity index (χ3v) is 6.67. The molecule has 0 aliphatic carbocycles. The van der Waals surface area contributed by atoms with Crippen molar-refractivity contribution in [2.75, 3.05) is 39.9 Å². The number of rotatable bonds is 7. The second-order valence-electron chi connectivity index (χ2n) is 7.99. The van der Waals surface area contributed by atoms with Crippen LogP contribution in [0.2, 0.25) is 0 Å². The van der Waals surface area contributed by atoms with Crippen LogP contribution in [-0.4, -0.2) is 71.5 Å². The predicted octanol–water partition coefficient (Wildman–Crippen LogP) is 3.66. The van der Waals surface area contributed by atoms with Crippen LogP contribution < -0.4 is 4.74 Å². The molecule has 1 aliphatic rings. The number of methoxy groups -OCH3 is 1. The molecule has 2 aromatic heterocycles. The third kappa shape index (κ3) is 5.43. The number of carbonyl (C=O) groups is 2. The highest BCUT2D eigenvalue weighted by Gasteiger charge is 2.24. The van der Waals surface area contributed by atoms with Gasteiger partial charge in [-0.15, -0.1) is 11.3 Å². The van der Waals surface area contributed by atoms with Crippen LogP contribution in [0.3, 0.4) is 0 Å². The Labute approximate surface area is 203 Å². The van der Waals surface area contributed by atoms with Gasteiger partial charge in [0.1, 0.15) is 16.5 Å². The first-order chi connectivity index (χ1) is 16.5. The Hall–Kier alpha value is -3.30. The fourth-order valence-corrected chi connectivity index (χ4v) is 4.67. The molecule has 0 saturated carbocycles. The van der Waals surface area contributed by atoms with E-state index in [0.717, 1.165) is 41.6 Å². The molecule has 0 atom stereocenters. The Morgan fingerprint density at radius 2 is 1.76 bits per heavy atom. The van der Waals surface area contributed by atoms with E-state index in [1.807, 2.05) is 29.2 Å². The van der Waals surface area contributed by atoms with Crippen molar-refractivity contribution in [3.05, 3.63) is 64.4 Å². The zero-order valence-electron chi connectivity index (χ0n) is 19.6. The van der Waals surface area contributed by atoms with E-state index >= 15 is 0 Å². The SMILES string of the molecule is CCOC(=O)c1ccc(C(=O)N2CCN(Cc3csc(-c4ccc(OC)cc4)n3)CC2)nc1C. The molecule has 1 amide bonds. The lowest BCUT2D eigenvalue weighted by Crippen LogP contribution is -2.48. The summed E-state index contributed by atoms with van der Waals surface area (Å²) < 4.78 is 10.3. The molecular weight excluding hydrogens is 452 g/mol. The fraction of sp³-hybridized carbons (Fsp3) is 0.360. The van der Waals surface area contributed by atoms with Crippen molar-refractivity contribution in [1.82, 2.24) is 19.8 Å². The van der Waals surface area contributed by atoms with Gasteiger partial charge in [0.2, 0.25) is 0 Å². The highest BCUT2D eigenvalue weighted by atomic mass is 32.1. The van der Waals surface area contributed by atoms with E-state index in [9.17, 15) is 9.59 Å². The maximum Gasteiger partial charge on any atom is 0.339 e. The van der Waals surface area contributed by atoms with Crippen LogP contribution in [0.5, 0.6) is 5.75 Å². The number of hydrogen-bond acceptors (Lipinski definition) is 8. The summed E-state index contributed by atoms with van der Waals surface area (Å²) in [5, 5.41) is 3.08.